The third-order valence-electron chi connectivity index (χ3n) is 3.18. The first kappa shape index (κ1) is 5.24. The monoisotopic (exact) mass is 137 g/mol. The molecule has 0 aromatic rings. The van der Waals surface area contributed by atoms with Gasteiger partial charge in [0.15, 0.2) is 5.66 Å². The van der Waals surface area contributed by atoms with E-state index in [-0.39, 0.29) is 5.66 Å². The molecule has 0 aromatic heterocycles. The molecule has 3 nitrogen and oxygen atoms in total. The minimum absolute atomic E-state index is 0.144. The van der Waals surface area contributed by atoms with Crippen LogP contribution in [0.1, 0.15) is 12.8 Å². The van der Waals surface area contributed by atoms with Crippen molar-refractivity contribution in [2.45, 2.75) is 18.5 Å². The maximum absolute atomic E-state index is 4.20. The Labute approximate surface area is 59.9 Å². The normalized spacial score (nSPS) is 46.4. The van der Waals surface area contributed by atoms with E-state index in [1.807, 2.05) is 0 Å². The summed E-state index contributed by atoms with van der Waals surface area (Å²) in [4.78, 5) is 0. The van der Waals surface area contributed by atoms with E-state index in [9.17, 15) is 0 Å². The molecule has 2 fully saturated rings. The number of rotatable bonds is 0. The molecule has 2 atom stereocenters. The van der Waals surface area contributed by atoms with Crippen molar-refractivity contribution in [2.24, 2.45) is 22.1 Å². The molecule has 1 aliphatic carbocycles. The highest BCUT2D eigenvalue weighted by atomic mass is 15.5. The molecular formula is C7H11N3. The molecule has 0 radical (unpaired) electrons. The highest BCUT2D eigenvalue weighted by molar-refractivity contribution is 5.12. The number of nitrogens with zero attached hydrogens (tertiary/aromatic N) is 2. The Hall–Kier alpha value is -0.440. The summed E-state index contributed by atoms with van der Waals surface area (Å²) in [7, 11) is 0. The van der Waals surface area contributed by atoms with E-state index in [1.165, 1.54) is 12.8 Å². The Morgan fingerprint density at radius 1 is 1.10 bits per heavy atom. The number of hydrogen-bond donors (Lipinski definition) is 1. The second-order valence-corrected chi connectivity index (χ2v) is 3.61. The molecule has 0 aromatic carbocycles. The van der Waals surface area contributed by atoms with Crippen molar-refractivity contribution < 1.29 is 0 Å². The van der Waals surface area contributed by atoms with E-state index in [0.29, 0.717) is 0 Å². The first-order valence-electron chi connectivity index (χ1n) is 4.06. The zero-order chi connectivity index (χ0) is 6.60. The summed E-state index contributed by atoms with van der Waals surface area (Å²) in [5, 5.41) is 11.8. The molecule has 3 aliphatic rings. The van der Waals surface area contributed by atoms with Crippen molar-refractivity contribution in [3.63, 3.8) is 0 Å². The van der Waals surface area contributed by atoms with Gasteiger partial charge >= 0.3 is 0 Å². The van der Waals surface area contributed by atoms with Gasteiger partial charge in [0.2, 0.25) is 0 Å². The van der Waals surface area contributed by atoms with Crippen molar-refractivity contribution in [1.29, 1.82) is 0 Å². The van der Waals surface area contributed by atoms with E-state index < -0.39 is 0 Å². The molecule has 3 heteroatoms. The Morgan fingerprint density at radius 2 is 1.70 bits per heavy atom. The van der Waals surface area contributed by atoms with Crippen LogP contribution in [0.2, 0.25) is 0 Å². The summed E-state index contributed by atoms with van der Waals surface area (Å²) >= 11 is 0. The summed E-state index contributed by atoms with van der Waals surface area (Å²) in [6, 6.07) is 0. The second kappa shape index (κ2) is 1.42. The van der Waals surface area contributed by atoms with Gasteiger partial charge in [-0.2, -0.15) is 10.2 Å². The lowest BCUT2D eigenvalue weighted by Crippen LogP contribution is -2.44. The van der Waals surface area contributed by atoms with E-state index in [1.54, 1.807) is 0 Å². The Balaban J connectivity index is 1.96. The fourth-order valence-corrected chi connectivity index (χ4v) is 2.48. The lowest BCUT2D eigenvalue weighted by Gasteiger charge is -2.25. The fraction of sp³-hybridized carbons (Fsp3) is 1.00. The molecule has 1 N–H and O–H groups in total. The third kappa shape index (κ3) is 0.428. The summed E-state index contributed by atoms with van der Waals surface area (Å²) in [6.07, 6.45) is 2.68. The van der Waals surface area contributed by atoms with Crippen molar-refractivity contribution >= 4 is 0 Å². The second-order valence-electron chi connectivity index (χ2n) is 3.61. The first-order valence-corrected chi connectivity index (χ1v) is 4.06. The van der Waals surface area contributed by atoms with Gasteiger partial charge in [-0.15, -0.1) is 0 Å². The molecule has 10 heavy (non-hydrogen) atoms. The SMILES string of the molecule is C1CC2CNCC1C21N=N1. The Bertz CT molecular complexity index is 175. The van der Waals surface area contributed by atoms with Crippen LogP contribution in [0, 0.1) is 11.8 Å². The molecule has 1 saturated carbocycles. The molecule has 54 valence electrons. The van der Waals surface area contributed by atoms with Crippen molar-refractivity contribution in [1.82, 2.24) is 5.32 Å². The molecule has 0 amide bonds. The summed E-state index contributed by atoms with van der Waals surface area (Å²) in [5.41, 5.74) is 0.144. The molecule has 2 unspecified atom stereocenters. The standard InChI is InChI=1S/C7H11N3/c1-2-6-4-8-3-5(1)7(6)9-10-7/h5-6,8H,1-4H2. The molecule has 2 aliphatic heterocycles. The van der Waals surface area contributed by atoms with Crippen LogP contribution < -0.4 is 5.32 Å². The van der Waals surface area contributed by atoms with Gasteiger partial charge in [-0.25, -0.2) is 0 Å². The largest absolute Gasteiger partial charge is 0.316 e. The lowest BCUT2D eigenvalue weighted by atomic mass is 9.90. The van der Waals surface area contributed by atoms with Crippen molar-refractivity contribution in [3.8, 4) is 0 Å². The molecule has 1 spiro atoms. The van der Waals surface area contributed by atoms with Gasteiger partial charge in [-0.05, 0) is 12.8 Å². The minimum atomic E-state index is 0.144. The van der Waals surface area contributed by atoms with Gasteiger partial charge in [0.1, 0.15) is 0 Å². The molecule has 3 rings (SSSR count). The number of nitrogens with one attached hydrogen (secondary N) is 1. The average molecular weight is 137 g/mol. The molecule has 1 saturated heterocycles. The predicted octanol–water partition coefficient (Wildman–Crippen LogP) is 0.778. The zero-order valence-corrected chi connectivity index (χ0v) is 5.88. The molecule has 2 bridgehead atoms. The highest BCUT2D eigenvalue weighted by Gasteiger charge is 2.59. The van der Waals surface area contributed by atoms with Gasteiger partial charge in [-0.1, -0.05) is 0 Å². The average Bonchev–Trinajstić information content (AvgIpc) is 2.59. The maximum Gasteiger partial charge on any atom is 0.198 e. The number of hydrogen-bond acceptors (Lipinski definition) is 3. The smallest absolute Gasteiger partial charge is 0.198 e. The Kier molecular flexibility index (Phi) is 0.744. The lowest BCUT2D eigenvalue weighted by molar-refractivity contribution is 0.279. The van der Waals surface area contributed by atoms with Crippen LogP contribution in [0.4, 0.5) is 0 Å². The van der Waals surface area contributed by atoms with E-state index in [4.69, 9.17) is 0 Å². The molecular weight excluding hydrogens is 126 g/mol. The summed E-state index contributed by atoms with van der Waals surface area (Å²) in [6.45, 7) is 2.28. The minimum Gasteiger partial charge on any atom is -0.316 e. The van der Waals surface area contributed by atoms with Gasteiger partial charge in [0, 0.05) is 24.9 Å². The van der Waals surface area contributed by atoms with Gasteiger partial charge in [-0.3, -0.25) is 0 Å². The van der Waals surface area contributed by atoms with E-state index in [0.717, 1.165) is 24.9 Å². The Morgan fingerprint density at radius 3 is 2.10 bits per heavy atom. The van der Waals surface area contributed by atoms with Gasteiger partial charge in [0.05, 0.1) is 0 Å². The van der Waals surface area contributed by atoms with Crippen LogP contribution >= 0.6 is 0 Å². The maximum atomic E-state index is 4.20. The third-order valence-corrected chi connectivity index (χ3v) is 3.18. The zero-order valence-electron chi connectivity index (χ0n) is 5.88. The van der Waals surface area contributed by atoms with E-state index >= 15 is 0 Å². The van der Waals surface area contributed by atoms with Crippen molar-refractivity contribution in [2.75, 3.05) is 13.1 Å². The van der Waals surface area contributed by atoms with E-state index in [2.05, 4.69) is 15.5 Å². The van der Waals surface area contributed by atoms with Crippen LogP contribution in [0.5, 0.6) is 0 Å². The van der Waals surface area contributed by atoms with Gasteiger partial charge < -0.3 is 5.32 Å². The van der Waals surface area contributed by atoms with Crippen LogP contribution in [-0.4, -0.2) is 18.8 Å². The van der Waals surface area contributed by atoms with Crippen molar-refractivity contribution in [3.05, 3.63) is 0 Å². The van der Waals surface area contributed by atoms with Crippen LogP contribution in [0.3, 0.4) is 0 Å². The van der Waals surface area contributed by atoms with Crippen LogP contribution in [0.25, 0.3) is 0 Å². The topological polar surface area (TPSA) is 36.8 Å². The predicted molar refractivity (Wildman–Crippen MR) is 36.7 cm³/mol. The molecule has 2 heterocycles. The van der Waals surface area contributed by atoms with Gasteiger partial charge in [0.25, 0.3) is 0 Å². The summed E-state index contributed by atoms with van der Waals surface area (Å²) < 4.78 is 0. The van der Waals surface area contributed by atoms with Crippen LogP contribution in [-0.2, 0) is 0 Å². The summed E-state index contributed by atoms with van der Waals surface area (Å²) in [5.74, 6) is 1.48. The first-order chi connectivity index (χ1) is 4.92. The highest BCUT2D eigenvalue weighted by Crippen LogP contribution is 2.53. The fourth-order valence-electron chi connectivity index (χ4n) is 2.48. The van der Waals surface area contributed by atoms with Crippen LogP contribution in [0.15, 0.2) is 10.2 Å². The number of piperidine rings is 1. The quantitative estimate of drug-likeness (QED) is 0.526.